The second kappa shape index (κ2) is 4.48. The Balaban J connectivity index is 2.52. The summed E-state index contributed by atoms with van der Waals surface area (Å²) < 4.78 is 11.1. The van der Waals surface area contributed by atoms with Crippen molar-refractivity contribution in [2.45, 2.75) is 6.10 Å². The van der Waals surface area contributed by atoms with Crippen molar-refractivity contribution >= 4 is 15.9 Å². The van der Waals surface area contributed by atoms with E-state index in [9.17, 15) is 10.2 Å². The van der Waals surface area contributed by atoms with Gasteiger partial charge in [0.15, 0.2) is 11.5 Å². The lowest BCUT2D eigenvalue weighted by Gasteiger charge is -2.22. The number of benzene rings is 1. The predicted octanol–water partition coefficient (Wildman–Crippen LogP) is 0.918. The highest BCUT2D eigenvalue weighted by Crippen LogP contribution is 2.46. The molecule has 0 amide bonds. The van der Waals surface area contributed by atoms with Crippen LogP contribution in [-0.2, 0) is 0 Å². The molecule has 1 heterocycles. The van der Waals surface area contributed by atoms with Crippen molar-refractivity contribution in [3.05, 3.63) is 16.1 Å². The SMILES string of the molecule is NCC(O)c1cc2c(c(Br)c1O)OCCO2. The molecule has 0 bridgehead atoms. The smallest absolute Gasteiger partial charge is 0.179 e. The van der Waals surface area contributed by atoms with E-state index < -0.39 is 6.10 Å². The minimum Gasteiger partial charge on any atom is -0.506 e. The molecule has 1 aromatic rings. The fourth-order valence-corrected chi connectivity index (χ4v) is 2.07. The number of nitrogens with two attached hydrogens (primary N) is 1. The molecule has 1 unspecified atom stereocenters. The normalized spacial score (nSPS) is 15.9. The number of aliphatic hydroxyl groups excluding tert-OH is 1. The van der Waals surface area contributed by atoms with Gasteiger partial charge < -0.3 is 25.4 Å². The van der Waals surface area contributed by atoms with Crippen molar-refractivity contribution in [1.29, 1.82) is 0 Å². The van der Waals surface area contributed by atoms with E-state index in [0.29, 0.717) is 34.7 Å². The van der Waals surface area contributed by atoms with Crippen LogP contribution in [0.5, 0.6) is 17.2 Å². The highest BCUT2D eigenvalue weighted by molar-refractivity contribution is 9.10. The first-order chi connectivity index (χ1) is 7.65. The van der Waals surface area contributed by atoms with E-state index >= 15 is 0 Å². The third-order valence-corrected chi connectivity index (χ3v) is 3.10. The highest BCUT2D eigenvalue weighted by atomic mass is 79.9. The van der Waals surface area contributed by atoms with E-state index in [4.69, 9.17) is 15.2 Å². The van der Waals surface area contributed by atoms with Gasteiger partial charge >= 0.3 is 0 Å². The van der Waals surface area contributed by atoms with E-state index in [-0.39, 0.29) is 12.3 Å². The average molecular weight is 290 g/mol. The number of hydrogen-bond acceptors (Lipinski definition) is 5. The molecule has 6 heteroatoms. The van der Waals surface area contributed by atoms with Gasteiger partial charge in [-0.3, -0.25) is 0 Å². The second-order valence-corrected chi connectivity index (χ2v) is 4.20. The van der Waals surface area contributed by atoms with Crippen LogP contribution in [0, 0.1) is 0 Å². The third kappa shape index (κ3) is 1.83. The van der Waals surface area contributed by atoms with Crippen LogP contribution in [0.4, 0.5) is 0 Å². The Morgan fingerprint density at radius 1 is 1.44 bits per heavy atom. The van der Waals surface area contributed by atoms with Crippen LogP contribution in [0.1, 0.15) is 11.7 Å². The zero-order valence-electron chi connectivity index (χ0n) is 8.44. The summed E-state index contributed by atoms with van der Waals surface area (Å²) in [6.45, 7) is 0.909. The van der Waals surface area contributed by atoms with Gasteiger partial charge in [0, 0.05) is 12.1 Å². The number of aromatic hydroxyl groups is 1. The zero-order valence-corrected chi connectivity index (χ0v) is 10.0. The monoisotopic (exact) mass is 289 g/mol. The summed E-state index contributed by atoms with van der Waals surface area (Å²) in [5, 5.41) is 19.5. The van der Waals surface area contributed by atoms with E-state index in [1.807, 2.05) is 0 Å². The first-order valence-electron chi connectivity index (χ1n) is 4.84. The summed E-state index contributed by atoms with van der Waals surface area (Å²) in [4.78, 5) is 0. The topological polar surface area (TPSA) is 84.9 Å². The van der Waals surface area contributed by atoms with Gasteiger partial charge in [-0.05, 0) is 22.0 Å². The molecule has 16 heavy (non-hydrogen) atoms. The third-order valence-electron chi connectivity index (χ3n) is 2.36. The molecular formula is C10H12BrNO4. The Hall–Kier alpha value is -0.980. The summed E-state index contributed by atoms with van der Waals surface area (Å²) in [5.41, 5.74) is 5.68. The Kier molecular flexibility index (Phi) is 3.22. The minimum absolute atomic E-state index is 0.0274. The fraction of sp³-hybridized carbons (Fsp3) is 0.400. The summed E-state index contributed by atoms with van der Waals surface area (Å²) >= 11 is 3.21. The molecule has 0 saturated carbocycles. The summed E-state index contributed by atoms with van der Waals surface area (Å²) in [6.07, 6.45) is -0.924. The molecule has 1 aliphatic rings. The first kappa shape index (κ1) is 11.5. The standard InChI is InChI=1S/C10H12BrNO4/c11-8-9(14)5(6(13)4-12)3-7-10(8)16-2-1-15-7/h3,6,13-14H,1-2,4,12H2. The van der Waals surface area contributed by atoms with Crippen molar-refractivity contribution in [3.63, 3.8) is 0 Å². The van der Waals surface area contributed by atoms with Crippen LogP contribution in [0.3, 0.4) is 0 Å². The van der Waals surface area contributed by atoms with Crippen LogP contribution >= 0.6 is 15.9 Å². The van der Waals surface area contributed by atoms with E-state index in [1.54, 1.807) is 6.07 Å². The Bertz CT molecular complexity index is 410. The van der Waals surface area contributed by atoms with Gasteiger partial charge in [0.05, 0.1) is 6.10 Å². The fourth-order valence-electron chi connectivity index (χ4n) is 1.54. The number of ether oxygens (including phenoxy) is 2. The van der Waals surface area contributed by atoms with Crippen molar-refractivity contribution in [2.24, 2.45) is 5.73 Å². The molecular weight excluding hydrogens is 278 g/mol. The molecule has 4 N–H and O–H groups in total. The van der Waals surface area contributed by atoms with Crippen LogP contribution < -0.4 is 15.2 Å². The molecule has 0 aliphatic carbocycles. The largest absolute Gasteiger partial charge is 0.506 e. The van der Waals surface area contributed by atoms with Gasteiger partial charge in [-0.15, -0.1) is 0 Å². The predicted molar refractivity (Wildman–Crippen MR) is 60.8 cm³/mol. The van der Waals surface area contributed by atoms with Gasteiger partial charge in [0.25, 0.3) is 0 Å². The number of fused-ring (bicyclic) bond motifs is 1. The van der Waals surface area contributed by atoms with Crippen LogP contribution in [0.15, 0.2) is 10.5 Å². The van der Waals surface area contributed by atoms with Crippen molar-refractivity contribution in [1.82, 2.24) is 0 Å². The number of phenols is 1. The highest BCUT2D eigenvalue weighted by Gasteiger charge is 2.23. The van der Waals surface area contributed by atoms with Crippen LogP contribution in [-0.4, -0.2) is 30.0 Å². The van der Waals surface area contributed by atoms with E-state index in [2.05, 4.69) is 15.9 Å². The summed E-state index contributed by atoms with van der Waals surface area (Å²) in [6, 6.07) is 1.55. The Morgan fingerprint density at radius 2 is 2.12 bits per heavy atom. The quantitative estimate of drug-likeness (QED) is 0.754. The number of halogens is 1. The summed E-state index contributed by atoms with van der Waals surface area (Å²) in [7, 11) is 0. The lowest BCUT2D eigenvalue weighted by atomic mass is 10.1. The van der Waals surface area contributed by atoms with Gasteiger partial charge in [-0.25, -0.2) is 0 Å². The van der Waals surface area contributed by atoms with Crippen molar-refractivity contribution < 1.29 is 19.7 Å². The molecule has 0 saturated heterocycles. The lowest BCUT2D eigenvalue weighted by Crippen LogP contribution is -2.17. The molecule has 0 radical (unpaired) electrons. The van der Waals surface area contributed by atoms with Crippen LogP contribution in [0.25, 0.3) is 0 Å². The average Bonchev–Trinajstić information content (AvgIpc) is 2.33. The van der Waals surface area contributed by atoms with Crippen molar-refractivity contribution in [2.75, 3.05) is 19.8 Å². The maximum absolute atomic E-state index is 9.86. The molecule has 1 atom stereocenters. The van der Waals surface area contributed by atoms with Gasteiger partial charge in [-0.2, -0.15) is 0 Å². The maximum atomic E-state index is 9.86. The second-order valence-electron chi connectivity index (χ2n) is 3.40. The summed E-state index contributed by atoms with van der Waals surface area (Å²) in [5.74, 6) is 0.886. The number of phenolic OH excluding ortho intramolecular Hbond substituents is 1. The molecule has 0 spiro atoms. The van der Waals surface area contributed by atoms with Crippen molar-refractivity contribution in [3.8, 4) is 17.2 Å². The molecule has 88 valence electrons. The minimum atomic E-state index is -0.924. The molecule has 2 rings (SSSR count). The van der Waals surface area contributed by atoms with Gasteiger partial charge in [0.2, 0.25) is 0 Å². The first-order valence-corrected chi connectivity index (χ1v) is 5.63. The maximum Gasteiger partial charge on any atom is 0.179 e. The number of hydrogen-bond donors (Lipinski definition) is 3. The zero-order chi connectivity index (χ0) is 11.7. The molecule has 0 fully saturated rings. The molecule has 0 aromatic heterocycles. The number of rotatable bonds is 2. The Morgan fingerprint density at radius 3 is 2.81 bits per heavy atom. The van der Waals surface area contributed by atoms with Crippen LogP contribution in [0.2, 0.25) is 0 Å². The van der Waals surface area contributed by atoms with Gasteiger partial charge in [-0.1, -0.05) is 0 Å². The lowest BCUT2D eigenvalue weighted by molar-refractivity contribution is 0.162. The molecule has 1 aromatic carbocycles. The molecule has 1 aliphatic heterocycles. The van der Waals surface area contributed by atoms with E-state index in [1.165, 1.54) is 0 Å². The van der Waals surface area contributed by atoms with Gasteiger partial charge in [0.1, 0.15) is 23.4 Å². The van der Waals surface area contributed by atoms with E-state index in [0.717, 1.165) is 0 Å². The Labute approximate surface area is 101 Å². The number of aliphatic hydroxyl groups is 1. The molecule has 5 nitrogen and oxygen atoms in total.